The van der Waals surface area contributed by atoms with Crippen LogP contribution in [0.25, 0.3) is 0 Å². The Kier molecular flexibility index (Phi) is 7.46. The summed E-state index contributed by atoms with van der Waals surface area (Å²) in [5.74, 6) is -0.548. The summed E-state index contributed by atoms with van der Waals surface area (Å²) in [5, 5.41) is 6.02. The normalized spacial score (nSPS) is 11.8. The van der Waals surface area contributed by atoms with E-state index in [1.165, 1.54) is 0 Å². The van der Waals surface area contributed by atoms with Crippen LogP contribution < -0.4 is 10.6 Å². The van der Waals surface area contributed by atoms with Crippen molar-refractivity contribution in [1.29, 1.82) is 0 Å². The molecule has 21 heavy (non-hydrogen) atoms. The zero-order valence-corrected chi connectivity index (χ0v) is 12.9. The number of carbonyl (C=O) groups excluding carboxylic acids is 2. The standard InChI is InChI=1S/C16H24N2O3/c1-4-12(3)17-11-10-15(19)18-14-9-7-6-8-13(14)16(20)21-5-2/h6-9,12,17H,4-5,10-11H2,1-3H3,(H,18,19). The van der Waals surface area contributed by atoms with Crippen LogP contribution in [0.3, 0.4) is 0 Å². The van der Waals surface area contributed by atoms with E-state index in [2.05, 4.69) is 24.5 Å². The van der Waals surface area contributed by atoms with E-state index < -0.39 is 5.97 Å². The first kappa shape index (κ1) is 17.2. The molecule has 0 aliphatic rings. The highest BCUT2D eigenvalue weighted by molar-refractivity contribution is 6.01. The summed E-state index contributed by atoms with van der Waals surface area (Å²) < 4.78 is 4.97. The number of benzene rings is 1. The second-order valence-corrected chi connectivity index (χ2v) is 4.83. The molecule has 1 amide bonds. The zero-order valence-electron chi connectivity index (χ0n) is 12.9. The molecule has 1 aromatic rings. The predicted octanol–water partition coefficient (Wildman–Crippen LogP) is 2.58. The number of carbonyl (C=O) groups is 2. The van der Waals surface area contributed by atoms with Crippen molar-refractivity contribution < 1.29 is 14.3 Å². The summed E-state index contributed by atoms with van der Waals surface area (Å²) in [6, 6.07) is 7.25. The van der Waals surface area contributed by atoms with E-state index in [1.54, 1.807) is 31.2 Å². The Morgan fingerprint density at radius 3 is 2.62 bits per heavy atom. The molecular weight excluding hydrogens is 268 g/mol. The number of anilines is 1. The fourth-order valence-electron chi connectivity index (χ4n) is 1.77. The zero-order chi connectivity index (χ0) is 15.7. The topological polar surface area (TPSA) is 67.4 Å². The highest BCUT2D eigenvalue weighted by Gasteiger charge is 2.13. The molecule has 116 valence electrons. The molecule has 2 N–H and O–H groups in total. The van der Waals surface area contributed by atoms with Crippen molar-refractivity contribution in [2.75, 3.05) is 18.5 Å². The molecule has 5 heteroatoms. The van der Waals surface area contributed by atoms with Crippen LogP contribution in [-0.4, -0.2) is 31.1 Å². The summed E-state index contributed by atoms with van der Waals surface area (Å²) in [6.45, 7) is 6.84. The first-order valence-corrected chi connectivity index (χ1v) is 7.37. The van der Waals surface area contributed by atoms with Gasteiger partial charge >= 0.3 is 5.97 Å². The molecule has 1 unspecified atom stereocenters. The number of esters is 1. The summed E-state index contributed by atoms with van der Waals surface area (Å²) >= 11 is 0. The van der Waals surface area contributed by atoms with Crippen molar-refractivity contribution in [3.8, 4) is 0 Å². The number of para-hydroxylation sites is 1. The van der Waals surface area contributed by atoms with Crippen LogP contribution in [0.1, 0.15) is 44.0 Å². The van der Waals surface area contributed by atoms with Gasteiger partial charge < -0.3 is 15.4 Å². The van der Waals surface area contributed by atoms with Crippen LogP contribution in [0, 0.1) is 0 Å². The number of amides is 1. The molecule has 0 saturated heterocycles. The summed E-state index contributed by atoms with van der Waals surface area (Å²) in [4.78, 5) is 23.7. The maximum Gasteiger partial charge on any atom is 0.340 e. The molecule has 1 aromatic carbocycles. The van der Waals surface area contributed by atoms with Crippen molar-refractivity contribution in [1.82, 2.24) is 5.32 Å². The maximum atomic E-state index is 11.9. The first-order chi connectivity index (χ1) is 10.1. The van der Waals surface area contributed by atoms with E-state index in [-0.39, 0.29) is 5.91 Å². The Labute approximate surface area is 126 Å². The van der Waals surface area contributed by atoms with Gasteiger partial charge in [0.25, 0.3) is 0 Å². The molecule has 0 bridgehead atoms. The Morgan fingerprint density at radius 2 is 1.95 bits per heavy atom. The quantitative estimate of drug-likeness (QED) is 0.723. The molecule has 0 heterocycles. The molecule has 5 nitrogen and oxygen atoms in total. The minimum absolute atomic E-state index is 0.123. The monoisotopic (exact) mass is 292 g/mol. The second-order valence-electron chi connectivity index (χ2n) is 4.83. The van der Waals surface area contributed by atoms with Gasteiger partial charge in [0.1, 0.15) is 0 Å². The lowest BCUT2D eigenvalue weighted by Gasteiger charge is -2.12. The Morgan fingerprint density at radius 1 is 1.24 bits per heavy atom. The van der Waals surface area contributed by atoms with Crippen molar-refractivity contribution >= 4 is 17.6 Å². The van der Waals surface area contributed by atoms with Crippen molar-refractivity contribution in [3.05, 3.63) is 29.8 Å². The highest BCUT2D eigenvalue weighted by Crippen LogP contribution is 2.16. The lowest BCUT2D eigenvalue weighted by atomic mass is 10.1. The van der Waals surface area contributed by atoms with Gasteiger partial charge in [0.05, 0.1) is 17.9 Å². The first-order valence-electron chi connectivity index (χ1n) is 7.37. The summed E-state index contributed by atoms with van der Waals surface area (Å²) in [7, 11) is 0. The lowest BCUT2D eigenvalue weighted by Crippen LogP contribution is -2.29. The average Bonchev–Trinajstić information content (AvgIpc) is 2.47. The van der Waals surface area contributed by atoms with Gasteiger partial charge in [-0.15, -0.1) is 0 Å². The lowest BCUT2D eigenvalue weighted by molar-refractivity contribution is -0.116. The molecule has 1 rings (SSSR count). The SMILES string of the molecule is CCOC(=O)c1ccccc1NC(=O)CCNC(C)CC. The molecule has 0 aliphatic carbocycles. The summed E-state index contributed by atoms with van der Waals surface area (Å²) in [6.07, 6.45) is 1.38. The Balaban J connectivity index is 2.58. The van der Waals surface area contributed by atoms with Crippen molar-refractivity contribution in [3.63, 3.8) is 0 Å². The minimum atomic E-state index is -0.425. The molecule has 0 aromatic heterocycles. The fourth-order valence-corrected chi connectivity index (χ4v) is 1.77. The van der Waals surface area contributed by atoms with Gasteiger partial charge in [-0.2, -0.15) is 0 Å². The van der Waals surface area contributed by atoms with Gasteiger partial charge in [-0.05, 0) is 32.4 Å². The number of hydrogen-bond acceptors (Lipinski definition) is 4. The van der Waals surface area contributed by atoms with Gasteiger partial charge in [0, 0.05) is 19.0 Å². The Hall–Kier alpha value is -1.88. The van der Waals surface area contributed by atoms with Gasteiger partial charge in [-0.3, -0.25) is 4.79 Å². The molecule has 0 fully saturated rings. The molecule has 0 radical (unpaired) electrons. The van der Waals surface area contributed by atoms with Crippen molar-refractivity contribution in [2.45, 2.75) is 39.7 Å². The Bertz CT molecular complexity index is 474. The number of ether oxygens (including phenoxy) is 1. The van der Waals surface area contributed by atoms with Gasteiger partial charge in [0.15, 0.2) is 0 Å². The largest absolute Gasteiger partial charge is 0.462 e. The van der Waals surface area contributed by atoms with Crippen LogP contribution in [-0.2, 0) is 9.53 Å². The van der Waals surface area contributed by atoms with E-state index in [1.807, 2.05) is 0 Å². The van der Waals surface area contributed by atoms with E-state index in [0.29, 0.717) is 36.9 Å². The van der Waals surface area contributed by atoms with E-state index >= 15 is 0 Å². The van der Waals surface area contributed by atoms with Crippen LogP contribution in [0.2, 0.25) is 0 Å². The molecule has 1 atom stereocenters. The molecule has 0 spiro atoms. The highest BCUT2D eigenvalue weighted by atomic mass is 16.5. The van der Waals surface area contributed by atoms with Crippen LogP contribution in [0.5, 0.6) is 0 Å². The number of rotatable bonds is 8. The van der Waals surface area contributed by atoms with Crippen LogP contribution in [0.4, 0.5) is 5.69 Å². The second kappa shape index (κ2) is 9.13. The third-order valence-corrected chi connectivity index (χ3v) is 3.15. The van der Waals surface area contributed by atoms with E-state index in [9.17, 15) is 9.59 Å². The third kappa shape index (κ3) is 5.95. The van der Waals surface area contributed by atoms with Crippen LogP contribution >= 0.6 is 0 Å². The third-order valence-electron chi connectivity index (χ3n) is 3.15. The maximum absolute atomic E-state index is 11.9. The van der Waals surface area contributed by atoms with Gasteiger partial charge in [-0.1, -0.05) is 19.1 Å². The number of hydrogen-bond donors (Lipinski definition) is 2. The van der Waals surface area contributed by atoms with Gasteiger partial charge in [-0.25, -0.2) is 4.79 Å². The smallest absolute Gasteiger partial charge is 0.340 e. The summed E-state index contributed by atoms with van der Waals surface area (Å²) in [5.41, 5.74) is 0.868. The van der Waals surface area contributed by atoms with Gasteiger partial charge in [0.2, 0.25) is 5.91 Å². The average molecular weight is 292 g/mol. The van der Waals surface area contributed by atoms with Crippen molar-refractivity contribution in [2.24, 2.45) is 0 Å². The van der Waals surface area contributed by atoms with E-state index in [4.69, 9.17) is 4.74 Å². The molecular formula is C16H24N2O3. The fraction of sp³-hybridized carbons (Fsp3) is 0.500. The van der Waals surface area contributed by atoms with E-state index in [0.717, 1.165) is 6.42 Å². The molecule has 0 saturated carbocycles. The number of nitrogens with one attached hydrogen (secondary N) is 2. The van der Waals surface area contributed by atoms with Crippen LogP contribution in [0.15, 0.2) is 24.3 Å². The predicted molar refractivity (Wildman–Crippen MR) is 83.4 cm³/mol. The minimum Gasteiger partial charge on any atom is -0.462 e. The molecule has 0 aliphatic heterocycles.